The van der Waals surface area contributed by atoms with E-state index in [0.29, 0.717) is 5.92 Å². The maximum Gasteiger partial charge on any atom is 0.122 e. The molecular weight excluding hydrogens is 198 g/mol. The van der Waals surface area contributed by atoms with Gasteiger partial charge in [0.2, 0.25) is 0 Å². The first-order chi connectivity index (χ1) is 7.54. The molecule has 0 atom stereocenters. The maximum absolute atomic E-state index is 5.45. The van der Waals surface area contributed by atoms with Crippen LogP contribution in [0.2, 0.25) is 0 Å². The van der Waals surface area contributed by atoms with E-state index in [4.69, 9.17) is 4.74 Å². The van der Waals surface area contributed by atoms with E-state index in [9.17, 15) is 0 Å². The molecule has 0 saturated carbocycles. The molecule has 0 aliphatic carbocycles. The minimum absolute atomic E-state index is 0.650. The minimum atomic E-state index is 0.650. The molecule has 1 aromatic carbocycles. The molecule has 0 unspecified atom stereocenters. The minimum Gasteiger partial charge on any atom is -0.496 e. The molecule has 0 spiro atoms. The van der Waals surface area contributed by atoms with Gasteiger partial charge in [0, 0.05) is 6.54 Å². The highest BCUT2D eigenvalue weighted by Gasteiger charge is 2.11. The van der Waals surface area contributed by atoms with E-state index in [1.165, 1.54) is 11.1 Å². The summed E-state index contributed by atoms with van der Waals surface area (Å²) in [5, 5.41) is 0. The second-order valence-corrected chi connectivity index (χ2v) is 4.93. The highest BCUT2D eigenvalue weighted by atomic mass is 16.5. The molecule has 0 fully saturated rings. The Morgan fingerprint density at radius 3 is 2.44 bits per heavy atom. The lowest BCUT2D eigenvalue weighted by Gasteiger charge is -2.18. The van der Waals surface area contributed by atoms with Gasteiger partial charge in [-0.15, -0.1) is 0 Å². The molecule has 0 aromatic heterocycles. The van der Waals surface area contributed by atoms with E-state index in [1.807, 2.05) is 0 Å². The molecule has 16 heavy (non-hydrogen) atoms. The molecule has 0 radical (unpaired) electrons. The summed E-state index contributed by atoms with van der Waals surface area (Å²) in [6.07, 6.45) is 1.08. The van der Waals surface area contributed by atoms with Crippen molar-refractivity contribution in [3.05, 3.63) is 29.3 Å². The number of ether oxygens (including phenoxy) is 1. The van der Waals surface area contributed by atoms with E-state index in [2.05, 4.69) is 51.0 Å². The Bertz CT molecular complexity index is 332. The normalized spacial score (nSPS) is 11.2. The summed E-state index contributed by atoms with van der Waals surface area (Å²) in [4.78, 5) is 2.19. The molecule has 0 heterocycles. The third-order valence-electron chi connectivity index (χ3n) is 2.55. The average Bonchev–Trinajstić information content (AvgIpc) is 2.19. The van der Waals surface area contributed by atoms with Crippen molar-refractivity contribution in [1.29, 1.82) is 0 Å². The van der Waals surface area contributed by atoms with Crippen molar-refractivity contribution in [1.82, 2.24) is 4.90 Å². The number of benzene rings is 1. The first kappa shape index (κ1) is 13.0. The first-order valence-corrected chi connectivity index (χ1v) is 5.84. The van der Waals surface area contributed by atoms with E-state index in [-0.39, 0.29) is 0 Å². The van der Waals surface area contributed by atoms with Gasteiger partial charge in [0.1, 0.15) is 5.75 Å². The number of methoxy groups -OCH3 is 1. The van der Waals surface area contributed by atoms with E-state index in [0.717, 1.165) is 18.7 Å². The Balaban J connectivity index is 3.04. The molecule has 0 aliphatic heterocycles. The van der Waals surface area contributed by atoms with Gasteiger partial charge in [-0.3, -0.25) is 0 Å². The van der Waals surface area contributed by atoms with Crippen molar-refractivity contribution in [2.75, 3.05) is 21.2 Å². The van der Waals surface area contributed by atoms with Crippen molar-refractivity contribution in [2.24, 2.45) is 5.92 Å². The smallest absolute Gasteiger partial charge is 0.122 e. The van der Waals surface area contributed by atoms with Gasteiger partial charge in [0.25, 0.3) is 0 Å². The van der Waals surface area contributed by atoms with Crippen LogP contribution >= 0.6 is 0 Å². The third-order valence-corrected chi connectivity index (χ3v) is 2.55. The second-order valence-electron chi connectivity index (χ2n) is 4.93. The van der Waals surface area contributed by atoms with Crippen molar-refractivity contribution in [3.63, 3.8) is 0 Å². The summed E-state index contributed by atoms with van der Waals surface area (Å²) < 4.78 is 5.45. The number of nitrogens with zero attached hydrogens (tertiary/aromatic N) is 1. The highest BCUT2D eigenvalue weighted by Crippen LogP contribution is 2.25. The summed E-state index contributed by atoms with van der Waals surface area (Å²) in [7, 11) is 5.94. The highest BCUT2D eigenvalue weighted by molar-refractivity contribution is 5.40. The van der Waals surface area contributed by atoms with Gasteiger partial charge >= 0.3 is 0 Å². The summed E-state index contributed by atoms with van der Waals surface area (Å²) in [5.41, 5.74) is 2.73. The van der Waals surface area contributed by atoms with Gasteiger partial charge in [-0.1, -0.05) is 26.0 Å². The Morgan fingerprint density at radius 2 is 1.94 bits per heavy atom. The van der Waals surface area contributed by atoms with Crippen LogP contribution in [-0.2, 0) is 13.0 Å². The van der Waals surface area contributed by atoms with Crippen LogP contribution in [0.5, 0.6) is 5.75 Å². The predicted molar refractivity (Wildman–Crippen MR) is 68.9 cm³/mol. The van der Waals surface area contributed by atoms with Crippen LogP contribution in [0, 0.1) is 5.92 Å². The van der Waals surface area contributed by atoms with Gasteiger partial charge in [-0.2, -0.15) is 0 Å². The summed E-state index contributed by atoms with van der Waals surface area (Å²) in [6.45, 7) is 5.46. The largest absolute Gasteiger partial charge is 0.496 e. The topological polar surface area (TPSA) is 12.5 Å². The molecule has 1 rings (SSSR count). The van der Waals surface area contributed by atoms with Crippen molar-refractivity contribution in [2.45, 2.75) is 26.8 Å². The molecule has 90 valence electrons. The fourth-order valence-corrected chi connectivity index (χ4v) is 1.93. The average molecular weight is 221 g/mol. The van der Waals surface area contributed by atoms with Crippen LogP contribution < -0.4 is 4.74 Å². The maximum atomic E-state index is 5.45. The van der Waals surface area contributed by atoms with Crippen molar-refractivity contribution < 1.29 is 4.74 Å². The zero-order valence-corrected chi connectivity index (χ0v) is 11.1. The van der Waals surface area contributed by atoms with Crippen LogP contribution in [0.25, 0.3) is 0 Å². The van der Waals surface area contributed by atoms with Gasteiger partial charge in [-0.25, -0.2) is 0 Å². The lowest BCUT2D eigenvalue weighted by Crippen LogP contribution is -2.13. The van der Waals surface area contributed by atoms with Crippen LogP contribution in [0.15, 0.2) is 18.2 Å². The molecule has 2 heteroatoms. The monoisotopic (exact) mass is 221 g/mol. The lowest BCUT2D eigenvalue weighted by atomic mass is 9.96. The second kappa shape index (κ2) is 5.90. The zero-order chi connectivity index (χ0) is 12.1. The summed E-state index contributed by atoms with van der Waals surface area (Å²) >= 11 is 0. The van der Waals surface area contributed by atoms with E-state index < -0.39 is 0 Å². The fraction of sp³-hybridized carbons (Fsp3) is 0.571. The van der Waals surface area contributed by atoms with Gasteiger partial charge in [0.05, 0.1) is 7.11 Å². The molecule has 0 N–H and O–H groups in total. The molecule has 2 nitrogen and oxygen atoms in total. The van der Waals surface area contributed by atoms with Crippen LogP contribution in [0.3, 0.4) is 0 Å². The van der Waals surface area contributed by atoms with Gasteiger partial charge in [-0.05, 0) is 43.6 Å². The van der Waals surface area contributed by atoms with Crippen LogP contribution in [0.1, 0.15) is 25.0 Å². The summed E-state index contributed by atoms with van der Waals surface area (Å²) in [6, 6.07) is 6.32. The van der Waals surface area contributed by atoms with Gasteiger partial charge in [0.15, 0.2) is 0 Å². The molecule has 0 amide bonds. The molecule has 0 aliphatic rings. The standard InChI is InChI=1S/C14H23NO/c1-11(2)9-13-12(10-15(3)4)7-6-8-14(13)16-5/h6-8,11H,9-10H2,1-5H3. The van der Waals surface area contributed by atoms with Crippen LogP contribution in [0.4, 0.5) is 0 Å². The summed E-state index contributed by atoms with van der Waals surface area (Å²) in [5.74, 6) is 1.67. The molecule has 1 aromatic rings. The predicted octanol–water partition coefficient (Wildman–Crippen LogP) is 2.96. The number of rotatable bonds is 5. The number of hydrogen-bond acceptors (Lipinski definition) is 2. The Morgan fingerprint density at radius 1 is 1.25 bits per heavy atom. The molecule has 0 saturated heterocycles. The molecule has 0 bridgehead atoms. The third kappa shape index (κ3) is 3.53. The first-order valence-electron chi connectivity index (χ1n) is 5.84. The van der Waals surface area contributed by atoms with Crippen molar-refractivity contribution >= 4 is 0 Å². The SMILES string of the molecule is COc1cccc(CN(C)C)c1CC(C)C. The van der Waals surface area contributed by atoms with E-state index >= 15 is 0 Å². The number of hydrogen-bond donors (Lipinski definition) is 0. The Kier molecular flexibility index (Phi) is 4.81. The van der Waals surface area contributed by atoms with E-state index in [1.54, 1.807) is 7.11 Å². The van der Waals surface area contributed by atoms with Crippen LogP contribution in [-0.4, -0.2) is 26.1 Å². The Hall–Kier alpha value is -1.02. The van der Waals surface area contributed by atoms with Crippen molar-refractivity contribution in [3.8, 4) is 5.75 Å². The fourth-order valence-electron chi connectivity index (χ4n) is 1.93. The molecular formula is C14H23NO. The quantitative estimate of drug-likeness (QED) is 0.758. The van der Waals surface area contributed by atoms with Gasteiger partial charge < -0.3 is 9.64 Å². The lowest BCUT2D eigenvalue weighted by molar-refractivity contribution is 0.387. The zero-order valence-electron chi connectivity index (χ0n) is 11.1. The Labute approximate surface area is 99.2 Å².